The summed E-state index contributed by atoms with van der Waals surface area (Å²) < 4.78 is 7.42. The summed E-state index contributed by atoms with van der Waals surface area (Å²) in [6.45, 7) is 8.25. The summed E-state index contributed by atoms with van der Waals surface area (Å²) >= 11 is 0. The van der Waals surface area contributed by atoms with Gasteiger partial charge in [0.1, 0.15) is 0 Å². The smallest absolute Gasteiger partial charge is 0.278 e. The highest BCUT2D eigenvalue weighted by atomic mass is 16.4. The van der Waals surface area contributed by atoms with Gasteiger partial charge in [0.2, 0.25) is 5.91 Å². The normalized spacial score (nSPS) is 16.9. The van der Waals surface area contributed by atoms with Crippen LogP contribution in [0.5, 0.6) is 0 Å². The molecule has 2 amide bonds. The predicted octanol–water partition coefficient (Wildman–Crippen LogP) is 3.50. The van der Waals surface area contributed by atoms with Gasteiger partial charge in [-0.2, -0.15) is 0 Å². The highest BCUT2D eigenvalue weighted by molar-refractivity contribution is 6.08. The van der Waals surface area contributed by atoms with E-state index < -0.39 is 5.91 Å². The van der Waals surface area contributed by atoms with Crippen molar-refractivity contribution in [2.45, 2.75) is 39.5 Å². The van der Waals surface area contributed by atoms with Crippen molar-refractivity contribution in [2.75, 3.05) is 30.3 Å². The number of pyridine rings is 2. The Balaban J connectivity index is 1.15. The Morgan fingerprint density at radius 3 is 2.70 bits per heavy atom. The van der Waals surface area contributed by atoms with Gasteiger partial charge in [-0.3, -0.25) is 19.5 Å². The molecule has 1 aliphatic carbocycles. The molecule has 5 heterocycles. The Hall–Kier alpha value is -4.12. The number of rotatable bonds is 7. The van der Waals surface area contributed by atoms with Gasteiger partial charge in [0.25, 0.3) is 5.91 Å². The summed E-state index contributed by atoms with van der Waals surface area (Å²) in [7, 11) is 0. The topological polar surface area (TPSA) is 131 Å². The molecular weight excluding hydrogens is 472 g/mol. The highest BCUT2D eigenvalue weighted by Crippen LogP contribution is 2.40. The van der Waals surface area contributed by atoms with Crippen LogP contribution in [0, 0.1) is 12.3 Å². The molecule has 37 heavy (non-hydrogen) atoms. The summed E-state index contributed by atoms with van der Waals surface area (Å²) in [5.74, 6) is 1.31. The van der Waals surface area contributed by atoms with Crippen LogP contribution in [0.2, 0.25) is 0 Å². The molecule has 0 spiro atoms. The molecule has 6 rings (SSSR count). The Labute approximate surface area is 213 Å². The monoisotopic (exact) mass is 500 g/mol. The van der Waals surface area contributed by atoms with Gasteiger partial charge in [0.15, 0.2) is 17.3 Å². The fourth-order valence-electron chi connectivity index (χ4n) is 4.73. The van der Waals surface area contributed by atoms with E-state index >= 15 is 0 Å². The van der Waals surface area contributed by atoms with Crippen molar-refractivity contribution in [2.24, 2.45) is 5.41 Å². The average Bonchev–Trinajstić information content (AvgIpc) is 3.40. The number of fused-ring (bicyclic) bond motifs is 1. The second kappa shape index (κ2) is 8.77. The van der Waals surface area contributed by atoms with Crippen LogP contribution >= 0.6 is 0 Å². The van der Waals surface area contributed by atoms with E-state index in [9.17, 15) is 9.59 Å². The van der Waals surface area contributed by atoms with Crippen molar-refractivity contribution < 1.29 is 14.0 Å². The maximum Gasteiger partial charge on any atom is 0.278 e. The van der Waals surface area contributed by atoms with Crippen LogP contribution < -0.4 is 10.6 Å². The van der Waals surface area contributed by atoms with Crippen molar-refractivity contribution >= 4 is 28.7 Å². The van der Waals surface area contributed by atoms with Gasteiger partial charge in [-0.25, -0.2) is 9.50 Å². The van der Waals surface area contributed by atoms with Gasteiger partial charge in [-0.15, -0.1) is 5.10 Å². The minimum absolute atomic E-state index is 0.116. The van der Waals surface area contributed by atoms with Crippen LogP contribution in [0.1, 0.15) is 54.7 Å². The molecule has 4 aromatic heterocycles. The molecule has 1 saturated carbocycles. The minimum atomic E-state index is -0.422. The zero-order valence-electron chi connectivity index (χ0n) is 21.0. The van der Waals surface area contributed by atoms with Gasteiger partial charge in [-0.1, -0.05) is 19.1 Å². The number of aryl methyl sites for hydroxylation is 1. The molecule has 2 fully saturated rings. The van der Waals surface area contributed by atoms with Crippen molar-refractivity contribution in [1.82, 2.24) is 29.7 Å². The van der Waals surface area contributed by atoms with Gasteiger partial charge < -0.3 is 15.1 Å². The Bertz CT molecular complexity index is 1510. The molecule has 0 atom stereocenters. The lowest BCUT2D eigenvalue weighted by atomic mass is 9.84. The van der Waals surface area contributed by atoms with Gasteiger partial charge in [-0.05, 0) is 43.4 Å². The Morgan fingerprint density at radius 1 is 1.14 bits per heavy atom. The maximum atomic E-state index is 13.1. The van der Waals surface area contributed by atoms with E-state index in [2.05, 4.69) is 49.7 Å². The first-order valence-electron chi connectivity index (χ1n) is 12.4. The number of oxazole rings is 1. The second-order valence-electron chi connectivity index (χ2n) is 10.7. The molecule has 11 heteroatoms. The summed E-state index contributed by atoms with van der Waals surface area (Å²) in [6.07, 6.45) is 7.28. The van der Waals surface area contributed by atoms with Crippen molar-refractivity contribution in [3.63, 3.8) is 0 Å². The number of anilines is 2. The molecule has 0 aromatic carbocycles. The minimum Gasteiger partial charge on any atom is -0.440 e. The van der Waals surface area contributed by atoms with Gasteiger partial charge in [0.05, 0.1) is 41.5 Å². The lowest BCUT2D eigenvalue weighted by Gasteiger charge is -2.45. The number of amides is 2. The average molecular weight is 501 g/mol. The molecule has 1 saturated heterocycles. The maximum absolute atomic E-state index is 13.1. The molecule has 190 valence electrons. The second-order valence-corrected chi connectivity index (χ2v) is 10.7. The summed E-state index contributed by atoms with van der Waals surface area (Å²) in [5, 5.41) is 13.9. The van der Waals surface area contributed by atoms with Crippen LogP contribution in [0.3, 0.4) is 0 Å². The lowest BCUT2D eigenvalue weighted by Crippen LogP contribution is -2.54. The summed E-state index contributed by atoms with van der Waals surface area (Å²) in [4.78, 5) is 36.3. The summed E-state index contributed by atoms with van der Waals surface area (Å²) in [6, 6.07) is 5.33. The molecule has 2 aliphatic rings. The van der Waals surface area contributed by atoms with Crippen LogP contribution in [0.15, 0.2) is 41.2 Å². The first-order chi connectivity index (χ1) is 17.7. The standard InChI is InChI=1S/C26H28N8O3/c1-15-19(8-18(9-27-15)29-22(35)12-33-13-26(2,3)14-33)30-24(36)23-20-7-6-17(11-34(20)32-31-23)21-10-28-25(37-21)16-4-5-16/h6-11,16H,4-5,12-14H2,1-3H3,(H,29,35)(H,30,36). The third kappa shape index (κ3) is 4.82. The molecule has 2 N–H and O–H groups in total. The van der Waals surface area contributed by atoms with Gasteiger partial charge >= 0.3 is 0 Å². The van der Waals surface area contributed by atoms with E-state index in [1.807, 2.05) is 6.07 Å². The van der Waals surface area contributed by atoms with E-state index in [0.717, 1.165) is 37.4 Å². The number of nitrogens with zero attached hydrogens (tertiary/aromatic N) is 6. The largest absolute Gasteiger partial charge is 0.440 e. The molecular formula is C26H28N8O3. The SMILES string of the molecule is Cc1ncc(NC(=O)CN2CC(C)(C)C2)cc1NC(=O)c1nnn2cc(-c3cnc(C4CC4)o3)ccc12. The third-order valence-corrected chi connectivity index (χ3v) is 6.65. The van der Waals surface area contributed by atoms with Crippen molar-refractivity contribution in [3.05, 3.63) is 54.1 Å². The number of hydrogen-bond donors (Lipinski definition) is 2. The molecule has 1 aliphatic heterocycles. The Kier molecular flexibility index (Phi) is 5.52. The molecule has 11 nitrogen and oxygen atoms in total. The number of aromatic nitrogens is 5. The fourth-order valence-corrected chi connectivity index (χ4v) is 4.73. The fraction of sp³-hybridized carbons (Fsp3) is 0.385. The van der Waals surface area contributed by atoms with Crippen molar-refractivity contribution in [1.29, 1.82) is 0 Å². The van der Waals surface area contributed by atoms with Crippen LogP contribution in [0.25, 0.3) is 16.8 Å². The van der Waals surface area contributed by atoms with E-state index in [1.165, 1.54) is 0 Å². The van der Waals surface area contributed by atoms with E-state index in [1.54, 1.807) is 42.2 Å². The highest BCUT2D eigenvalue weighted by Gasteiger charge is 2.34. The number of carbonyl (C=O) groups excluding carboxylic acids is 2. The van der Waals surface area contributed by atoms with Crippen LogP contribution in [-0.2, 0) is 4.79 Å². The van der Waals surface area contributed by atoms with Crippen LogP contribution in [-0.4, -0.2) is 61.1 Å². The molecule has 0 radical (unpaired) electrons. The number of likely N-dealkylation sites (tertiary alicyclic amines) is 1. The predicted molar refractivity (Wildman–Crippen MR) is 136 cm³/mol. The first-order valence-corrected chi connectivity index (χ1v) is 12.4. The quantitative estimate of drug-likeness (QED) is 0.394. The molecule has 0 bridgehead atoms. The third-order valence-electron chi connectivity index (χ3n) is 6.65. The lowest BCUT2D eigenvalue weighted by molar-refractivity contribution is -0.120. The zero-order valence-corrected chi connectivity index (χ0v) is 21.0. The van der Waals surface area contributed by atoms with Gasteiger partial charge in [0, 0.05) is 30.8 Å². The number of carbonyl (C=O) groups is 2. The van der Waals surface area contributed by atoms with Crippen LogP contribution in [0.4, 0.5) is 11.4 Å². The number of nitrogens with one attached hydrogen (secondary N) is 2. The molecule has 4 aromatic rings. The molecule has 0 unspecified atom stereocenters. The van der Waals surface area contributed by atoms with Crippen molar-refractivity contribution in [3.8, 4) is 11.3 Å². The van der Waals surface area contributed by atoms with E-state index in [4.69, 9.17) is 4.42 Å². The number of hydrogen-bond acceptors (Lipinski definition) is 8. The van der Waals surface area contributed by atoms with E-state index in [0.29, 0.717) is 40.8 Å². The van der Waals surface area contributed by atoms with E-state index in [-0.39, 0.29) is 17.0 Å². The first kappa shape index (κ1) is 23.3. The summed E-state index contributed by atoms with van der Waals surface area (Å²) in [5.41, 5.74) is 3.40. The zero-order chi connectivity index (χ0) is 25.7. The Morgan fingerprint density at radius 2 is 1.95 bits per heavy atom.